The molecule has 0 aliphatic rings. The normalized spacial score (nSPS) is 10.5. The largest absolute Gasteiger partial charge is 0.452 e. The molecule has 1 N–H and O–H groups in total. The van der Waals surface area contributed by atoms with Gasteiger partial charge in [0.2, 0.25) is 5.91 Å². The molecule has 0 radical (unpaired) electrons. The van der Waals surface area contributed by atoms with Crippen LogP contribution in [0.25, 0.3) is 6.08 Å². The molecule has 5 nitrogen and oxygen atoms in total. The van der Waals surface area contributed by atoms with Crippen LogP contribution in [0, 0.1) is 0 Å². The summed E-state index contributed by atoms with van der Waals surface area (Å²) >= 11 is 5.81. The van der Waals surface area contributed by atoms with Gasteiger partial charge in [0, 0.05) is 29.5 Å². The molecular formula is C18H17ClN2O3. The van der Waals surface area contributed by atoms with Crippen LogP contribution in [0.15, 0.2) is 54.6 Å². The molecule has 2 amide bonds. The second-order valence-electron chi connectivity index (χ2n) is 4.95. The molecule has 0 saturated heterocycles. The number of hydrogen-bond acceptors (Lipinski definition) is 3. The Hall–Kier alpha value is -2.79. The molecule has 0 aliphatic carbocycles. The lowest BCUT2D eigenvalue weighted by Crippen LogP contribution is -2.25. The number of methoxy groups -OCH3 is 1. The van der Waals surface area contributed by atoms with Gasteiger partial charge >= 0.3 is 6.09 Å². The van der Waals surface area contributed by atoms with E-state index in [4.69, 9.17) is 11.6 Å². The van der Waals surface area contributed by atoms with Crippen molar-refractivity contribution in [3.8, 4) is 0 Å². The number of nitrogens with one attached hydrogen (secondary N) is 1. The summed E-state index contributed by atoms with van der Waals surface area (Å²) in [4.78, 5) is 24.7. The van der Waals surface area contributed by atoms with Gasteiger partial charge in [0.25, 0.3) is 0 Å². The third kappa shape index (κ3) is 4.86. The minimum absolute atomic E-state index is 0.251. The third-order valence-corrected chi connectivity index (χ3v) is 3.52. The van der Waals surface area contributed by atoms with E-state index in [2.05, 4.69) is 10.1 Å². The number of halogens is 1. The first-order chi connectivity index (χ1) is 11.5. The average Bonchev–Trinajstić information content (AvgIpc) is 2.60. The second kappa shape index (κ2) is 8.17. The highest BCUT2D eigenvalue weighted by Gasteiger charge is 2.10. The molecule has 124 valence electrons. The van der Waals surface area contributed by atoms with E-state index < -0.39 is 6.09 Å². The van der Waals surface area contributed by atoms with E-state index in [-0.39, 0.29) is 5.91 Å². The Kier molecular flexibility index (Phi) is 5.98. The molecule has 24 heavy (non-hydrogen) atoms. The zero-order valence-electron chi connectivity index (χ0n) is 13.3. The fourth-order valence-corrected chi connectivity index (χ4v) is 2.07. The number of hydrogen-bond donors (Lipinski definition) is 1. The molecule has 0 aromatic heterocycles. The molecule has 0 bridgehead atoms. The summed E-state index contributed by atoms with van der Waals surface area (Å²) < 4.78 is 4.64. The van der Waals surface area contributed by atoms with Crippen LogP contribution in [0.5, 0.6) is 0 Å². The van der Waals surface area contributed by atoms with E-state index in [9.17, 15) is 9.59 Å². The fraction of sp³-hybridized carbons (Fsp3) is 0.111. The van der Waals surface area contributed by atoms with Gasteiger partial charge in [0.1, 0.15) is 0 Å². The summed E-state index contributed by atoms with van der Waals surface area (Å²) in [5, 5.41) is 3.39. The molecule has 2 rings (SSSR count). The number of benzene rings is 2. The molecule has 0 unspecified atom stereocenters. The summed E-state index contributed by atoms with van der Waals surface area (Å²) in [7, 11) is 2.93. The van der Waals surface area contributed by atoms with Crippen molar-refractivity contribution in [3.63, 3.8) is 0 Å². The van der Waals surface area contributed by atoms with Gasteiger partial charge in [-0.15, -0.1) is 0 Å². The minimum Gasteiger partial charge on any atom is -0.452 e. The van der Waals surface area contributed by atoms with Gasteiger partial charge in [-0.2, -0.15) is 0 Å². The Morgan fingerprint density at radius 1 is 1.08 bits per heavy atom. The molecule has 0 spiro atoms. The Bertz CT molecular complexity index is 740. The fourth-order valence-electron chi connectivity index (χ4n) is 1.94. The standard InChI is InChI=1S/C18H17ClN2O3/c1-21(18(23)24-2)16-10-8-15(9-11-16)20-17(22)12-5-13-3-6-14(19)7-4-13/h3-12H,1-2H3,(H,20,22)/b12-5+. The molecule has 2 aromatic rings. The van der Waals surface area contributed by atoms with Crippen LogP contribution in [-0.2, 0) is 9.53 Å². The van der Waals surface area contributed by atoms with E-state index in [0.29, 0.717) is 16.4 Å². The average molecular weight is 345 g/mol. The van der Waals surface area contributed by atoms with E-state index in [1.165, 1.54) is 18.1 Å². The van der Waals surface area contributed by atoms with E-state index in [0.717, 1.165) is 5.56 Å². The Morgan fingerprint density at radius 3 is 2.29 bits per heavy atom. The zero-order valence-corrected chi connectivity index (χ0v) is 14.1. The van der Waals surface area contributed by atoms with Crippen molar-refractivity contribution in [1.29, 1.82) is 0 Å². The monoisotopic (exact) mass is 344 g/mol. The van der Waals surface area contributed by atoms with Gasteiger partial charge in [-0.1, -0.05) is 23.7 Å². The summed E-state index contributed by atoms with van der Waals surface area (Å²) in [6.07, 6.45) is 2.68. The van der Waals surface area contributed by atoms with Crippen LogP contribution in [0.4, 0.5) is 16.2 Å². The van der Waals surface area contributed by atoms with Crippen LogP contribution in [-0.4, -0.2) is 26.2 Å². The van der Waals surface area contributed by atoms with Gasteiger partial charge in [-0.05, 0) is 48.0 Å². The van der Waals surface area contributed by atoms with Crippen LogP contribution < -0.4 is 10.2 Å². The molecule has 2 aromatic carbocycles. The third-order valence-electron chi connectivity index (χ3n) is 3.27. The topological polar surface area (TPSA) is 58.6 Å². The summed E-state index contributed by atoms with van der Waals surface area (Å²) in [6, 6.07) is 14.0. The maximum absolute atomic E-state index is 11.9. The number of anilines is 2. The van der Waals surface area contributed by atoms with Crippen molar-refractivity contribution < 1.29 is 14.3 Å². The van der Waals surface area contributed by atoms with Crippen molar-refractivity contribution in [2.24, 2.45) is 0 Å². The van der Waals surface area contributed by atoms with Crippen molar-refractivity contribution in [2.75, 3.05) is 24.4 Å². The summed E-state index contributed by atoms with van der Waals surface area (Å²) in [5.74, 6) is -0.251. The Labute approximate surface area is 145 Å². The SMILES string of the molecule is COC(=O)N(C)c1ccc(NC(=O)/C=C/c2ccc(Cl)cc2)cc1. The zero-order chi connectivity index (χ0) is 17.5. The number of rotatable bonds is 4. The number of nitrogens with zero attached hydrogens (tertiary/aromatic N) is 1. The lowest BCUT2D eigenvalue weighted by atomic mass is 10.2. The first-order valence-electron chi connectivity index (χ1n) is 7.16. The number of carbonyl (C=O) groups is 2. The molecule has 0 heterocycles. The maximum Gasteiger partial charge on any atom is 0.413 e. The predicted molar refractivity (Wildman–Crippen MR) is 96.4 cm³/mol. The first kappa shape index (κ1) is 17.6. The molecule has 6 heteroatoms. The molecule has 0 saturated carbocycles. The number of amides is 2. The molecule has 0 fully saturated rings. The van der Waals surface area contributed by atoms with Crippen molar-refractivity contribution in [3.05, 3.63) is 65.2 Å². The van der Waals surface area contributed by atoms with Gasteiger partial charge in [-0.3, -0.25) is 9.69 Å². The molecule has 0 aliphatic heterocycles. The van der Waals surface area contributed by atoms with Crippen LogP contribution in [0.1, 0.15) is 5.56 Å². The highest BCUT2D eigenvalue weighted by Crippen LogP contribution is 2.17. The lowest BCUT2D eigenvalue weighted by Gasteiger charge is -2.15. The number of ether oxygens (including phenoxy) is 1. The van der Waals surface area contributed by atoms with Crippen molar-refractivity contribution >= 4 is 41.1 Å². The lowest BCUT2D eigenvalue weighted by molar-refractivity contribution is -0.111. The predicted octanol–water partition coefficient (Wildman–Crippen LogP) is 4.19. The Balaban J connectivity index is 1.96. The summed E-state index contributed by atoms with van der Waals surface area (Å²) in [5.41, 5.74) is 2.17. The molecular weight excluding hydrogens is 328 g/mol. The first-order valence-corrected chi connectivity index (χ1v) is 7.54. The van der Waals surface area contributed by atoms with Gasteiger partial charge in [0.15, 0.2) is 0 Å². The van der Waals surface area contributed by atoms with Crippen LogP contribution in [0.3, 0.4) is 0 Å². The van der Waals surface area contributed by atoms with E-state index in [1.54, 1.807) is 49.5 Å². The quantitative estimate of drug-likeness (QED) is 0.846. The van der Waals surface area contributed by atoms with Crippen LogP contribution in [0.2, 0.25) is 5.02 Å². The number of carbonyl (C=O) groups excluding carboxylic acids is 2. The van der Waals surface area contributed by atoms with Gasteiger partial charge in [0.05, 0.1) is 7.11 Å². The highest BCUT2D eigenvalue weighted by atomic mass is 35.5. The molecule has 0 atom stereocenters. The smallest absolute Gasteiger partial charge is 0.413 e. The van der Waals surface area contributed by atoms with Crippen molar-refractivity contribution in [2.45, 2.75) is 0 Å². The maximum atomic E-state index is 11.9. The van der Waals surface area contributed by atoms with Crippen LogP contribution >= 0.6 is 11.6 Å². The van der Waals surface area contributed by atoms with E-state index in [1.807, 2.05) is 12.1 Å². The van der Waals surface area contributed by atoms with E-state index >= 15 is 0 Å². The Morgan fingerprint density at radius 2 is 1.71 bits per heavy atom. The second-order valence-corrected chi connectivity index (χ2v) is 5.39. The van der Waals surface area contributed by atoms with Gasteiger partial charge in [-0.25, -0.2) is 4.79 Å². The van der Waals surface area contributed by atoms with Crippen molar-refractivity contribution in [1.82, 2.24) is 0 Å². The summed E-state index contributed by atoms with van der Waals surface area (Å²) in [6.45, 7) is 0. The van der Waals surface area contributed by atoms with Gasteiger partial charge < -0.3 is 10.1 Å². The highest BCUT2D eigenvalue weighted by molar-refractivity contribution is 6.30. The minimum atomic E-state index is -0.460.